The van der Waals surface area contributed by atoms with Gasteiger partial charge in [0.05, 0.1) is 0 Å². The summed E-state index contributed by atoms with van der Waals surface area (Å²) in [4.78, 5) is 0. The molecule has 0 saturated heterocycles. The number of nitrogens with two attached hydrogens (primary N) is 1. The first kappa shape index (κ1) is 15.6. The minimum atomic E-state index is -3.43. The molecule has 6 heteroatoms. The van der Waals surface area contributed by atoms with Crippen LogP contribution in [0, 0.1) is 0 Å². The van der Waals surface area contributed by atoms with E-state index in [0.29, 0.717) is 10.8 Å². The molecule has 3 N–H and O–H groups in total. The number of rotatable bonds is 7. The van der Waals surface area contributed by atoms with Crippen molar-refractivity contribution < 1.29 is 8.42 Å². The maximum absolute atomic E-state index is 12.3. The first-order valence-electron chi connectivity index (χ1n) is 6.24. The molecule has 0 saturated carbocycles. The van der Waals surface area contributed by atoms with Crippen molar-refractivity contribution in [3.8, 4) is 0 Å². The van der Waals surface area contributed by atoms with E-state index in [-0.39, 0.29) is 5.54 Å². The highest BCUT2D eigenvalue weighted by Gasteiger charge is 2.31. The number of thiophene rings is 1. The Bertz CT molecular complexity index is 468. The van der Waals surface area contributed by atoms with Crippen molar-refractivity contribution >= 4 is 21.4 Å². The minimum absolute atomic E-state index is 0.342. The maximum Gasteiger partial charge on any atom is 0.250 e. The summed E-state index contributed by atoms with van der Waals surface area (Å²) in [5.74, 6) is 0. The zero-order valence-electron chi connectivity index (χ0n) is 11.2. The van der Waals surface area contributed by atoms with Gasteiger partial charge < -0.3 is 5.73 Å². The lowest BCUT2D eigenvalue weighted by atomic mass is 9.91. The van der Waals surface area contributed by atoms with E-state index in [1.807, 2.05) is 20.8 Å². The van der Waals surface area contributed by atoms with E-state index in [2.05, 4.69) is 4.72 Å². The van der Waals surface area contributed by atoms with Crippen molar-refractivity contribution in [2.45, 2.75) is 56.3 Å². The van der Waals surface area contributed by atoms with Gasteiger partial charge in [0.1, 0.15) is 4.21 Å². The van der Waals surface area contributed by atoms with Gasteiger partial charge in [0.15, 0.2) is 0 Å². The highest BCUT2D eigenvalue weighted by Crippen LogP contribution is 2.26. The molecule has 0 aliphatic heterocycles. The molecule has 18 heavy (non-hydrogen) atoms. The Morgan fingerprint density at radius 3 is 2.22 bits per heavy atom. The lowest BCUT2D eigenvalue weighted by Gasteiger charge is -2.30. The molecule has 104 valence electrons. The molecular weight excluding hydrogens is 268 g/mol. The number of hydrogen-bond acceptors (Lipinski definition) is 4. The van der Waals surface area contributed by atoms with E-state index in [1.165, 1.54) is 11.3 Å². The summed E-state index contributed by atoms with van der Waals surface area (Å²) >= 11 is 1.22. The largest absolute Gasteiger partial charge is 0.326 e. The third-order valence-electron chi connectivity index (χ3n) is 3.51. The minimum Gasteiger partial charge on any atom is -0.326 e. The molecule has 0 radical (unpaired) electrons. The number of sulfonamides is 1. The van der Waals surface area contributed by atoms with Gasteiger partial charge in [-0.2, -0.15) is 0 Å². The molecule has 0 fully saturated rings. The van der Waals surface area contributed by atoms with Crippen molar-refractivity contribution in [2.24, 2.45) is 5.73 Å². The number of nitrogens with one attached hydrogen (secondary N) is 1. The van der Waals surface area contributed by atoms with E-state index in [1.54, 1.807) is 11.4 Å². The number of hydrogen-bond donors (Lipinski definition) is 2. The second-order valence-corrected chi connectivity index (χ2v) is 7.25. The van der Waals surface area contributed by atoms with Gasteiger partial charge >= 0.3 is 0 Å². The molecule has 1 rings (SSSR count). The summed E-state index contributed by atoms with van der Waals surface area (Å²) in [5.41, 5.74) is 6.02. The van der Waals surface area contributed by atoms with Crippen LogP contribution in [0.2, 0.25) is 0 Å². The van der Waals surface area contributed by atoms with Gasteiger partial charge in [0.25, 0.3) is 10.0 Å². The van der Waals surface area contributed by atoms with Crippen molar-refractivity contribution in [3.05, 3.63) is 17.0 Å². The van der Waals surface area contributed by atoms with Crippen LogP contribution in [-0.2, 0) is 16.6 Å². The van der Waals surface area contributed by atoms with Crippen molar-refractivity contribution in [2.75, 3.05) is 0 Å². The molecule has 0 unspecified atom stereocenters. The Balaban J connectivity index is 3.00. The van der Waals surface area contributed by atoms with Crippen molar-refractivity contribution in [1.82, 2.24) is 4.72 Å². The lowest BCUT2D eigenvalue weighted by Crippen LogP contribution is -2.46. The van der Waals surface area contributed by atoms with E-state index in [4.69, 9.17) is 5.73 Å². The second-order valence-electron chi connectivity index (χ2n) is 4.42. The van der Waals surface area contributed by atoms with Crippen LogP contribution < -0.4 is 10.5 Å². The zero-order valence-corrected chi connectivity index (χ0v) is 12.8. The molecule has 0 aliphatic carbocycles. The average Bonchev–Trinajstić information content (AvgIpc) is 2.85. The standard InChI is InChI=1S/C12H22N2O2S2/c1-4-12(5-2,6-3)14-18(15,16)11-7-10(8-13)9-17-11/h7,9,14H,4-6,8,13H2,1-3H3. The summed E-state index contributed by atoms with van der Waals surface area (Å²) in [7, 11) is -3.43. The van der Waals surface area contributed by atoms with Gasteiger partial charge in [0.2, 0.25) is 0 Å². The summed E-state index contributed by atoms with van der Waals surface area (Å²) < 4.78 is 27.8. The molecule has 1 aromatic rings. The van der Waals surface area contributed by atoms with Gasteiger partial charge in [-0.1, -0.05) is 20.8 Å². The fraction of sp³-hybridized carbons (Fsp3) is 0.667. The quantitative estimate of drug-likeness (QED) is 0.810. The molecule has 0 aromatic carbocycles. The highest BCUT2D eigenvalue weighted by atomic mass is 32.2. The predicted molar refractivity (Wildman–Crippen MR) is 76.1 cm³/mol. The Kier molecular flexibility index (Phi) is 5.33. The molecular formula is C12H22N2O2S2. The molecule has 0 spiro atoms. The van der Waals surface area contributed by atoms with E-state index in [9.17, 15) is 8.42 Å². The van der Waals surface area contributed by atoms with Crippen LogP contribution in [0.25, 0.3) is 0 Å². The average molecular weight is 290 g/mol. The van der Waals surface area contributed by atoms with Crippen LogP contribution in [0.5, 0.6) is 0 Å². The van der Waals surface area contributed by atoms with Crippen LogP contribution in [0.4, 0.5) is 0 Å². The smallest absolute Gasteiger partial charge is 0.250 e. The summed E-state index contributed by atoms with van der Waals surface area (Å²) in [6.07, 6.45) is 2.36. The van der Waals surface area contributed by atoms with Gasteiger partial charge in [-0.15, -0.1) is 11.3 Å². The molecule has 0 bridgehead atoms. The van der Waals surface area contributed by atoms with E-state index in [0.717, 1.165) is 24.8 Å². The lowest BCUT2D eigenvalue weighted by molar-refractivity contribution is 0.342. The maximum atomic E-state index is 12.3. The fourth-order valence-corrected chi connectivity index (χ4v) is 4.74. The molecule has 1 aromatic heterocycles. The Hall–Kier alpha value is -0.430. The Labute approximate surface area is 114 Å². The monoisotopic (exact) mass is 290 g/mol. The molecule has 0 atom stereocenters. The molecule has 1 heterocycles. The van der Waals surface area contributed by atoms with Crippen LogP contribution in [-0.4, -0.2) is 14.0 Å². The summed E-state index contributed by atoms with van der Waals surface area (Å²) in [5, 5.41) is 1.79. The predicted octanol–water partition coefficient (Wildman–Crippen LogP) is 2.45. The molecule has 4 nitrogen and oxygen atoms in total. The van der Waals surface area contributed by atoms with E-state index < -0.39 is 10.0 Å². The SMILES string of the molecule is CCC(CC)(CC)NS(=O)(=O)c1cc(CN)cs1. The fourth-order valence-electron chi connectivity index (χ4n) is 1.90. The molecule has 0 aliphatic rings. The van der Waals surface area contributed by atoms with Gasteiger partial charge in [-0.3, -0.25) is 0 Å². The zero-order chi connectivity index (χ0) is 13.8. The summed E-state index contributed by atoms with van der Waals surface area (Å²) in [6.45, 7) is 6.40. The van der Waals surface area contributed by atoms with E-state index >= 15 is 0 Å². The Morgan fingerprint density at radius 1 is 1.28 bits per heavy atom. The van der Waals surface area contributed by atoms with Crippen molar-refractivity contribution in [3.63, 3.8) is 0 Å². The Morgan fingerprint density at radius 2 is 1.83 bits per heavy atom. The first-order chi connectivity index (χ1) is 8.43. The third-order valence-corrected chi connectivity index (χ3v) is 6.58. The summed E-state index contributed by atoms with van der Waals surface area (Å²) in [6, 6.07) is 1.65. The third kappa shape index (κ3) is 3.32. The van der Waals surface area contributed by atoms with Gasteiger partial charge in [-0.25, -0.2) is 13.1 Å². The van der Waals surface area contributed by atoms with Crippen LogP contribution in [0.3, 0.4) is 0 Å². The van der Waals surface area contributed by atoms with Crippen LogP contribution >= 0.6 is 11.3 Å². The van der Waals surface area contributed by atoms with Crippen LogP contribution in [0.15, 0.2) is 15.7 Å². The normalized spacial score (nSPS) is 12.9. The highest BCUT2D eigenvalue weighted by molar-refractivity contribution is 7.91. The topological polar surface area (TPSA) is 72.2 Å². The second kappa shape index (κ2) is 6.14. The molecule has 0 amide bonds. The van der Waals surface area contributed by atoms with Crippen molar-refractivity contribution in [1.29, 1.82) is 0 Å². The van der Waals surface area contributed by atoms with Gasteiger partial charge in [-0.05, 0) is 36.3 Å². The first-order valence-corrected chi connectivity index (χ1v) is 8.60. The van der Waals surface area contributed by atoms with Crippen LogP contribution in [0.1, 0.15) is 45.6 Å². The van der Waals surface area contributed by atoms with Gasteiger partial charge in [0, 0.05) is 12.1 Å².